The van der Waals surface area contributed by atoms with E-state index < -0.39 is 0 Å². The molecule has 0 bridgehead atoms. The molecule has 0 saturated heterocycles. The third-order valence-corrected chi connectivity index (χ3v) is 4.41. The Kier molecular flexibility index (Phi) is 6.10. The molecule has 2 rings (SSSR count). The summed E-state index contributed by atoms with van der Waals surface area (Å²) in [6.07, 6.45) is 1.11. The molecule has 0 spiro atoms. The number of carbonyl (C=O) groups is 1. The molecule has 0 heterocycles. The first-order valence-corrected chi connectivity index (χ1v) is 8.61. The Morgan fingerprint density at radius 3 is 2.38 bits per heavy atom. The molecule has 3 nitrogen and oxygen atoms in total. The average molecular weight is 340 g/mol. The first-order valence-electron chi connectivity index (χ1n) is 8.20. The second kappa shape index (κ2) is 8.06. The van der Waals surface area contributed by atoms with Crippen LogP contribution in [0, 0.1) is 13.8 Å². The van der Waals surface area contributed by atoms with E-state index in [1.54, 1.807) is 0 Å². The van der Waals surface area contributed by atoms with E-state index in [0.717, 1.165) is 23.2 Å². The van der Waals surface area contributed by atoms with Crippen LogP contribution in [0.4, 0.5) is 5.69 Å². The lowest BCUT2D eigenvalue weighted by Crippen LogP contribution is -2.34. The highest BCUT2D eigenvalue weighted by atomic mass is 32.1. The zero-order chi connectivity index (χ0) is 17.7. The summed E-state index contributed by atoms with van der Waals surface area (Å²) in [5, 5.41) is 6.09. The van der Waals surface area contributed by atoms with E-state index in [4.69, 9.17) is 12.2 Å². The summed E-state index contributed by atoms with van der Waals surface area (Å²) in [6.45, 7) is 8.31. The van der Waals surface area contributed by atoms with Crippen LogP contribution >= 0.6 is 12.2 Å². The van der Waals surface area contributed by atoms with Crippen LogP contribution < -0.4 is 10.6 Å². The van der Waals surface area contributed by atoms with Crippen LogP contribution in [-0.2, 0) is 0 Å². The van der Waals surface area contributed by atoms with Crippen LogP contribution in [0.3, 0.4) is 0 Å². The zero-order valence-corrected chi connectivity index (χ0v) is 15.5. The fourth-order valence-electron chi connectivity index (χ4n) is 2.53. The van der Waals surface area contributed by atoms with Gasteiger partial charge in [-0.1, -0.05) is 43.7 Å². The molecule has 0 fully saturated rings. The second-order valence-electron chi connectivity index (χ2n) is 6.16. The summed E-state index contributed by atoms with van der Waals surface area (Å²) in [5.41, 5.74) is 4.87. The third-order valence-electron chi connectivity index (χ3n) is 4.20. The third kappa shape index (κ3) is 4.65. The molecule has 1 atom stereocenters. The average Bonchev–Trinajstić information content (AvgIpc) is 2.54. The van der Waals surface area contributed by atoms with Gasteiger partial charge in [0.05, 0.1) is 0 Å². The molecule has 126 valence electrons. The maximum atomic E-state index is 12.3. The fraction of sp³-hybridized carbons (Fsp3) is 0.300. The molecule has 2 N–H and O–H groups in total. The summed E-state index contributed by atoms with van der Waals surface area (Å²) >= 11 is 5.25. The Morgan fingerprint density at radius 2 is 1.79 bits per heavy atom. The van der Waals surface area contributed by atoms with Crippen molar-refractivity contribution in [1.29, 1.82) is 0 Å². The summed E-state index contributed by atoms with van der Waals surface area (Å²) in [6, 6.07) is 13.9. The van der Waals surface area contributed by atoms with Crippen LogP contribution in [0.15, 0.2) is 42.5 Å². The van der Waals surface area contributed by atoms with Gasteiger partial charge in [-0.15, -0.1) is 0 Å². The summed E-state index contributed by atoms with van der Waals surface area (Å²) in [5.74, 6) is 0.344. The predicted octanol–water partition coefficient (Wildman–Crippen LogP) is 4.94. The molecule has 2 aromatic rings. The Labute approximate surface area is 149 Å². The lowest BCUT2D eigenvalue weighted by atomic mass is 9.99. The minimum absolute atomic E-state index is 0.193. The molecule has 0 radical (unpaired) electrons. The zero-order valence-electron chi connectivity index (χ0n) is 14.6. The standard InChI is InChI=1S/C20H24N2OS/c1-5-14(3)16-7-9-17(10-8-16)21-20(24)22-19(23)18-11-6-13(2)12-15(18)4/h6-12,14H,5H2,1-4H3,(H2,21,22,23,24)/t14-/m1/s1. The molecule has 24 heavy (non-hydrogen) atoms. The fourth-order valence-corrected chi connectivity index (χ4v) is 2.74. The van der Waals surface area contributed by atoms with Crippen molar-refractivity contribution in [1.82, 2.24) is 5.32 Å². The van der Waals surface area contributed by atoms with Crippen molar-refractivity contribution in [2.75, 3.05) is 5.32 Å². The maximum absolute atomic E-state index is 12.3. The van der Waals surface area contributed by atoms with E-state index >= 15 is 0 Å². The predicted molar refractivity (Wildman–Crippen MR) is 105 cm³/mol. The summed E-state index contributed by atoms with van der Waals surface area (Å²) < 4.78 is 0. The molecule has 1 amide bonds. The van der Waals surface area contributed by atoms with Gasteiger partial charge in [-0.05, 0) is 67.7 Å². The summed E-state index contributed by atoms with van der Waals surface area (Å²) in [7, 11) is 0. The van der Waals surface area contributed by atoms with Crippen molar-refractivity contribution in [3.05, 3.63) is 64.7 Å². The minimum atomic E-state index is -0.193. The van der Waals surface area contributed by atoms with Gasteiger partial charge in [0.25, 0.3) is 5.91 Å². The van der Waals surface area contributed by atoms with Gasteiger partial charge in [0.1, 0.15) is 0 Å². The van der Waals surface area contributed by atoms with Crippen molar-refractivity contribution in [2.24, 2.45) is 0 Å². The molecule has 0 saturated carbocycles. The number of amides is 1. The first-order chi connectivity index (χ1) is 11.4. The lowest BCUT2D eigenvalue weighted by molar-refractivity contribution is 0.0977. The Bertz CT molecular complexity index is 738. The van der Waals surface area contributed by atoms with Gasteiger partial charge in [0.2, 0.25) is 0 Å². The molecule has 0 aromatic heterocycles. The number of anilines is 1. The van der Waals surface area contributed by atoms with Gasteiger partial charge in [-0.3, -0.25) is 10.1 Å². The summed E-state index contributed by atoms with van der Waals surface area (Å²) in [4.78, 5) is 12.3. The second-order valence-corrected chi connectivity index (χ2v) is 6.57. The molecule has 0 aliphatic heterocycles. The van der Waals surface area contributed by atoms with Gasteiger partial charge in [-0.25, -0.2) is 0 Å². The molecule has 0 unspecified atom stereocenters. The van der Waals surface area contributed by atoms with Crippen molar-refractivity contribution >= 4 is 28.9 Å². The quantitative estimate of drug-likeness (QED) is 0.774. The molecule has 2 aromatic carbocycles. The Morgan fingerprint density at radius 1 is 1.12 bits per heavy atom. The molecular weight excluding hydrogens is 316 g/mol. The van der Waals surface area contributed by atoms with Crippen LogP contribution in [-0.4, -0.2) is 11.0 Å². The molecular formula is C20H24N2OS. The number of carbonyl (C=O) groups excluding carboxylic acids is 1. The van der Waals surface area contributed by atoms with Gasteiger partial charge in [0.15, 0.2) is 5.11 Å². The highest BCUT2D eigenvalue weighted by Gasteiger charge is 2.11. The number of hydrogen-bond acceptors (Lipinski definition) is 2. The van der Waals surface area contributed by atoms with Crippen LogP contribution in [0.5, 0.6) is 0 Å². The maximum Gasteiger partial charge on any atom is 0.257 e. The SMILES string of the molecule is CC[C@@H](C)c1ccc(NC(=S)NC(=O)c2ccc(C)cc2C)cc1. The van der Waals surface area contributed by atoms with Crippen LogP contribution in [0.2, 0.25) is 0 Å². The lowest BCUT2D eigenvalue weighted by Gasteiger charge is -2.13. The number of rotatable bonds is 4. The van der Waals surface area contributed by atoms with Gasteiger partial charge in [-0.2, -0.15) is 0 Å². The van der Waals surface area contributed by atoms with Crippen molar-refractivity contribution in [3.8, 4) is 0 Å². The van der Waals surface area contributed by atoms with Crippen molar-refractivity contribution in [3.63, 3.8) is 0 Å². The van der Waals surface area contributed by atoms with E-state index in [0.29, 0.717) is 16.6 Å². The Balaban J connectivity index is 1.98. The van der Waals surface area contributed by atoms with E-state index in [2.05, 4.69) is 36.6 Å². The van der Waals surface area contributed by atoms with Crippen LogP contribution in [0.25, 0.3) is 0 Å². The highest BCUT2D eigenvalue weighted by molar-refractivity contribution is 7.80. The van der Waals surface area contributed by atoms with E-state index in [1.165, 1.54) is 5.56 Å². The van der Waals surface area contributed by atoms with Gasteiger partial charge >= 0.3 is 0 Å². The molecule has 0 aliphatic carbocycles. The number of nitrogens with one attached hydrogen (secondary N) is 2. The number of benzene rings is 2. The van der Waals surface area contributed by atoms with E-state index in [9.17, 15) is 4.79 Å². The monoisotopic (exact) mass is 340 g/mol. The Hall–Kier alpha value is -2.20. The largest absolute Gasteiger partial charge is 0.332 e. The number of thiocarbonyl (C=S) groups is 1. The normalized spacial score (nSPS) is 11.7. The number of aryl methyl sites for hydroxylation is 2. The van der Waals surface area contributed by atoms with Gasteiger partial charge in [0, 0.05) is 11.3 Å². The van der Waals surface area contributed by atoms with Crippen molar-refractivity contribution < 1.29 is 4.79 Å². The van der Waals surface area contributed by atoms with E-state index in [-0.39, 0.29) is 5.91 Å². The smallest absolute Gasteiger partial charge is 0.257 e. The number of hydrogen-bond donors (Lipinski definition) is 2. The first kappa shape index (κ1) is 18.1. The van der Waals surface area contributed by atoms with Crippen molar-refractivity contribution in [2.45, 2.75) is 40.0 Å². The van der Waals surface area contributed by atoms with Crippen LogP contribution in [0.1, 0.15) is 53.2 Å². The van der Waals surface area contributed by atoms with E-state index in [1.807, 2.05) is 44.2 Å². The van der Waals surface area contributed by atoms with Gasteiger partial charge < -0.3 is 5.32 Å². The topological polar surface area (TPSA) is 41.1 Å². The molecule has 4 heteroatoms. The molecule has 0 aliphatic rings. The highest BCUT2D eigenvalue weighted by Crippen LogP contribution is 2.20. The minimum Gasteiger partial charge on any atom is -0.332 e.